The molecule has 2 fully saturated rings. The van der Waals surface area contributed by atoms with Crippen molar-refractivity contribution in [2.24, 2.45) is 11.8 Å². The smallest absolute Gasteiger partial charge is 0.0434 e. The molecule has 0 amide bonds. The van der Waals surface area contributed by atoms with Gasteiger partial charge in [0.1, 0.15) is 0 Å². The van der Waals surface area contributed by atoms with Crippen LogP contribution in [-0.2, 0) is 0 Å². The van der Waals surface area contributed by atoms with Gasteiger partial charge in [-0.05, 0) is 44.6 Å². The first-order valence-corrected chi connectivity index (χ1v) is 6.75. The Labute approximate surface area is 99.2 Å². The van der Waals surface area contributed by atoms with E-state index in [1.807, 2.05) is 0 Å². The van der Waals surface area contributed by atoms with Crippen molar-refractivity contribution in [2.75, 3.05) is 26.7 Å². The van der Waals surface area contributed by atoms with Crippen LogP contribution >= 0.6 is 0 Å². The summed E-state index contributed by atoms with van der Waals surface area (Å²) in [4.78, 5) is 2.66. The van der Waals surface area contributed by atoms with Crippen LogP contribution in [0.5, 0.6) is 0 Å². The van der Waals surface area contributed by atoms with Gasteiger partial charge in [-0.3, -0.25) is 4.90 Å². The van der Waals surface area contributed by atoms with Crippen LogP contribution in [0.2, 0.25) is 0 Å². The summed E-state index contributed by atoms with van der Waals surface area (Å²) in [6.07, 6.45) is 4.96. The molecule has 2 unspecified atom stereocenters. The van der Waals surface area contributed by atoms with Crippen LogP contribution in [0.1, 0.15) is 32.6 Å². The lowest BCUT2D eigenvalue weighted by atomic mass is 9.78. The number of hydrogen-bond donors (Lipinski definition) is 2. The standard InChI is InChI=1S/C13H26N2O/c1-10-5-13(6-10)15-8-11(3-4-16)7-12(9-15)14-2/h10-14,16H,3-9H2,1-2H3. The van der Waals surface area contributed by atoms with Gasteiger partial charge in [0.15, 0.2) is 0 Å². The van der Waals surface area contributed by atoms with E-state index in [0.717, 1.165) is 18.4 Å². The Morgan fingerprint density at radius 1 is 1.25 bits per heavy atom. The number of nitrogens with one attached hydrogen (secondary N) is 1. The Hall–Kier alpha value is -0.120. The van der Waals surface area contributed by atoms with Gasteiger partial charge in [0, 0.05) is 31.8 Å². The van der Waals surface area contributed by atoms with Crippen LogP contribution in [0, 0.1) is 11.8 Å². The van der Waals surface area contributed by atoms with Crippen LogP contribution in [0.4, 0.5) is 0 Å². The third-order valence-corrected chi connectivity index (χ3v) is 4.38. The van der Waals surface area contributed by atoms with Crippen molar-refractivity contribution in [3.05, 3.63) is 0 Å². The molecular formula is C13H26N2O. The molecule has 2 aliphatic rings. The average molecular weight is 226 g/mol. The number of likely N-dealkylation sites (tertiary alicyclic amines) is 1. The van der Waals surface area contributed by atoms with Crippen LogP contribution in [0.15, 0.2) is 0 Å². The van der Waals surface area contributed by atoms with E-state index < -0.39 is 0 Å². The molecule has 94 valence electrons. The first-order chi connectivity index (χ1) is 7.72. The highest BCUT2D eigenvalue weighted by Crippen LogP contribution is 2.34. The normalized spacial score (nSPS) is 40.7. The molecule has 0 spiro atoms. The Morgan fingerprint density at radius 3 is 2.56 bits per heavy atom. The minimum Gasteiger partial charge on any atom is -0.396 e. The van der Waals surface area contributed by atoms with Crippen LogP contribution in [0.3, 0.4) is 0 Å². The number of piperidine rings is 1. The molecule has 1 heterocycles. The SMILES string of the molecule is CNC1CC(CCO)CN(C2CC(C)C2)C1. The summed E-state index contributed by atoms with van der Waals surface area (Å²) in [5.41, 5.74) is 0. The van der Waals surface area contributed by atoms with Crippen molar-refractivity contribution >= 4 is 0 Å². The predicted octanol–water partition coefficient (Wildman–Crippen LogP) is 1.08. The van der Waals surface area contributed by atoms with Gasteiger partial charge in [-0.2, -0.15) is 0 Å². The van der Waals surface area contributed by atoms with E-state index in [2.05, 4.69) is 24.2 Å². The summed E-state index contributed by atoms with van der Waals surface area (Å²) >= 11 is 0. The Bertz CT molecular complexity index is 216. The Kier molecular flexibility index (Phi) is 4.22. The van der Waals surface area contributed by atoms with E-state index in [0.29, 0.717) is 18.6 Å². The Balaban J connectivity index is 1.86. The van der Waals surface area contributed by atoms with Crippen LogP contribution in [-0.4, -0.2) is 48.8 Å². The number of likely N-dealkylation sites (N-methyl/N-ethyl adjacent to an activating group) is 1. The summed E-state index contributed by atoms with van der Waals surface area (Å²) < 4.78 is 0. The van der Waals surface area contributed by atoms with Gasteiger partial charge < -0.3 is 10.4 Å². The monoisotopic (exact) mass is 226 g/mol. The molecule has 3 heteroatoms. The quantitative estimate of drug-likeness (QED) is 0.753. The molecule has 0 radical (unpaired) electrons. The van der Waals surface area contributed by atoms with Crippen molar-refractivity contribution in [2.45, 2.75) is 44.7 Å². The lowest BCUT2D eigenvalue weighted by molar-refractivity contribution is 0.0295. The minimum absolute atomic E-state index is 0.343. The van der Waals surface area contributed by atoms with Crippen molar-refractivity contribution in [1.82, 2.24) is 10.2 Å². The van der Waals surface area contributed by atoms with Crippen molar-refractivity contribution in [3.63, 3.8) is 0 Å². The lowest BCUT2D eigenvalue weighted by Gasteiger charge is -2.47. The first kappa shape index (κ1) is 12.3. The molecule has 1 aliphatic carbocycles. The molecule has 1 saturated heterocycles. The minimum atomic E-state index is 0.343. The van der Waals surface area contributed by atoms with Gasteiger partial charge in [-0.15, -0.1) is 0 Å². The molecule has 1 saturated carbocycles. The van der Waals surface area contributed by atoms with Crippen molar-refractivity contribution in [3.8, 4) is 0 Å². The average Bonchev–Trinajstić information content (AvgIpc) is 2.25. The largest absolute Gasteiger partial charge is 0.396 e. The third-order valence-electron chi connectivity index (χ3n) is 4.38. The summed E-state index contributed by atoms with van der Waals surface area (Å²) in [6.45, 7) is 5.10. The third kappa shape index (κ3) is 2.76. The first-order valence-electron chi connectivity index (χ1n) is 6.75. The number of nitrogens with zero attached hydrogens (tertiary/aromatic N) is 1. The zero-order valence-corrected chi connectivity index (χ0v) is 10.7. The number of aliphatic hydroxyl groups is 1. The second kappa shape index (κ2) is 5.48. The molecular weight excluding hydrogens is 200 g/mol. The fourth-order valence-electron chi connectivity index (χ4n) is 3.30. The predicted molar refractivity (Wildman–Crippen MR) is 66.4 cm³/mol. The van der Waals surface area contributed by atoms with Gasteiger partial charge in [0.25, 0.3) is 0 Å². The molecule has 0 aromatic heterocycles. The van der Waals surface area contributed by atoms with Crippen LogP contribution in [0.25, 0.3) is 0 Å². The molecule has 1 aliphatic heterocycles. The molecule has 16 heavy (non-hydrogen) atoms. The highest BCUT2D eigenvalue weighted by Gasteiger charge is 2.35. The molecule has 0 aromatic rings. The highest BCUT2D eigenvalue weighted by atomic mass is 16.3. The molecule has 2 atom stereocenters. The van der Waals surface area contributed by atoms with Gasteiger partial charge >= 0.3 is 0 Å². The van der Waals surface area contributed by atoms with Crippen molar-refractivity contribution < 1.29 is 5.11 Å². The van der Waals surface area contributed by atoms with E-state index >= 15 is 0 Å². The lowest BCUT2D eigenvalue weighted by Crippen LogP contribution is -2.55. The summed E-state index contributed by atoms with van der Waals surface area (Å²) in [6, 6.07) is 1.45. The maximum Gasteiger partial charge on any atom is 0.0434 e. The maximum absolute atomic E-state index is 9.08. The maximum atomic E-state index is 9.08. The van der Waals surface area contributed by atoms with E-state index in [-0.39, 0.29) is 0 Å². The molecule has 2 N–H and O–H groups in total. The highest BCUT2D eigenvalue weighted by molar-refractivity contribution is 4.91. The number of aliphatic hydroxyl groups excluding tert-OH is 1. The second-order valence-electron chi connectivity index (χ2n) is 5.78. The van der Waals surface area contributed by atoms with Gasteiger partial charge in [0.2, 0.25) is 0 Å². The topological polar surface area (TPSA) is 35.5 Å². The second-order valence-corrected chi connectivity index (χ2v) is 5.78. The molecule has 3 nitrogen and oxygen atoms in total. The van der Waals surface area contributed by atoms with E-state index in [4.69, 9.17) is 5.11 Å². The van der Waals surface area contributed by atoms with E-state index in [1.54, 1.807) is 0 Å². The summed E-state index contributed by atoms with van der Waals surface area (Å²) in [5, 5.41) is 12.5. The van der Waals surface area contributed by atoms with E-state index in [1.165, 1.54) is 32.4 Å². The zero-order chi connectivity index (χ0) is 11.5. The summed E-state index contributed by atoms with van der Waals surface area (Å²) in [7, 11) is 2.06. The van der Waals surface area contributed by atoms with Gasteiger partial charge in [-0.25, -0.2) is 0 Å². The fourth-order valence-corrected chi connectivity index (χ4v) is 3.30. The summed E-state index contributed by atoms with van der Waals surface area (Å²) in [5.74, 6) is 1.61. The van der Waals surface area contributed by atoms with Gasteiger partial charge in [-0.1, -0.05) is 6.92 Å². The van der Waals surface area contributed by atoms with E-state index in [9.17, 15) is 0 Å². The van der Waals surface area contributed by atoms with Gasteiger partial charge in [0.05, 0.1) is 0 Å². The molecule has 0 aromatic carbocycles. The Morgan fingerprint density at radius 2 is 2.00 bits per heavy atom. The number of rotatable bonds is 4. The number of hydrogen-bond acceptors (Lipinski definition) is 3. The van der Waals surface area contributed by atoms with Crippen LogP contribution < -0.4 is 5.32 Å². The molecule has 0 bridgehead atoms. The zero-order valence-electron chi connectivity index (χ0n) is 10.7. The van der Waals surface area contributed by atoms with Crippen molar-refractivity contribution in [1.29, 1.82) is 0 Å². The molecule has 2 rings (SSSR count). The fraction of sp³-hybridized carbons (Fsp3) is 1.00.